The highest BCUT2D eigenvalue weighted by Gasteiger charge is 2.32. The number of anilines is 2. The van der Waals surface area contributed by atoms with Crippen molar-refractivity contribution in [1.82, 2.24) is 19.9 Å². The first kappa shape index (κ1) is 13.0. The molecule has 0 amide bonds. The molecular weight excluding hydrogens is 232 g/mol. The number of nitrogens with zero attached hydrogens (tertiary/aromatic N) is 4. The van der Waals surface area contributed by atoms with Crippen LogP contribution in [0.3, 0.4) is 0 Å². The first-order valence-electron chi connectivity index (χ1n) is 6.14. The summed E-state index contributed by atoms with van der Waals surface area (Å²) in [6.45, 7) is 1.11. The summed E-state index contributed by atoms with van der Waals surface area (Å²) in [7, 11) is 1.92. The summed E-state index contributed by atoms with van der Waals surface area (Å²) in [4.78, 5) is 13.8. The standard InChI is InChI=1S/C11H20N6O/c1-17(7-11(18)4-2-3-5-11)6-8-14-9(12)16-10(13)15-8/h18H,2-7H2,1H3,(H4,12,13,14,15,16). The number of likely N-dealkylation sites (N-methyl/N-ethyl adjacent to an activating group) is 1. The normalized spacial score (nSPS) is 18.4. The average Bonchev–Trinajstić information content (AvgIpc) is 2.62. The second-order valence-corrected chi connectivity index (χ2v) is 5.07. The Bertz CT molecular complexity index is 398. The second kappa shape index (κ2) is 5.03. The molecule has 0 atom stereocenters. The molecule has 0 spiro atoms. The lowest BCUT2D eigenvalue weighted by atomic mass is 10.0. The predicted molar refractivity (Wildman–Crippen MR) is 68.4 cm³/mol. The van der Waals surface area contributed by atoms with Crippen LogP contribution in [0.15, 0.2) is 0 Å². The summed E-state index contributed by atoms with van der Waals surface area (Å²) in [6, 6.07) is 0. The molecule has 1 heterocycles. The van der Waals surface area contributed by atoms with E-state index in [1.807, 2.05) is 11.9 Å². The van der Waals surface area contributed by atoms with Gasteiger partial charge in [-0.15, -0.1) is 0 Å². The Kier molecular flexibility index (Phi) is 3.63. The fourth-order valence-electron chi connectivity index (χ4n) is 2.52. The van der Waals surface area contributed by atoms with Crippen LogP contribution in [-0.4, -0.2) is 44.2 Å². The van der Waals surface area contributed by atoms with Crippen LogP contribution < -0.4 is 11.5 Å². The number of aromatic nitrogens is 3. The molecule has 0 aliphatic heterocycles. The van der Waals surface area contributed by atoms with Gasteiger partial charge in [0.2, 0.25) is 11.9 Å². The molecule has 1 aliphatic rings. The van der Waals surface area contributed by atoms with Gasteiger partial charge in [0.25, 0.3) is 0 Å². The van der Waals surface area contributed by atoms with Crippen molar-refractivity contribution in [2.24, 2.45) is 0 Å². The highest BCUT2D eigenvalue weighted by atomic mass is 16.3. The number of hydrogen-bond acceptors (Lipinski definition) is 7. The Morgan fingerprint density at radius 1 is 1.17 bits per heavy atom. The van der Waals surface area contributed by atoms with Gasteiger partial charge >= 0.3 is 0 Å². The van der Waals surface area contributed by atoms with E-state index in [9.17, 15) is 5.11 Å². The largest absolute Gasteiger partial charge is 0.389 e. The first-order valence-corrected chi connectivity index (χ1v) is 6.14. The van der Waals surface area contributed by atoms with Crippen LogP contribution in [0.5, 0.6) is 0 Å². The Balaban J connectivity index is 1.96. The number of aliphatic hydroxyl groups is 1. The van der Waals surface area contributed by atoms with Gasteiger partial charge in [-0.05, 0) is 19.9 Å². The van der Waals surface area contributed by atoms with Crippen molar-refractivity contribution >= 4 is 11.9 Å². The zero-order chi connectivity index (χ0) is 13.2. The minimum atomic E-state index is -0.571. The molecule has 1 saturated carbocycles. The van der Waals surface area contributed by atoms with E-state index in [-0.39, 0.29) is 11.9 Å². The summed E-state index contributed by atoms with van der Waals surface area (Å²) in [5.41, 5.74) is 10.5. The maximum absolute atomic E-state index is 10.3. The van der Waals surface area contributed by atoms with Crippen LogP contribution >= 0.6 is 0 Å². The van der Waals surface area contributed by atoms with E-state index >= 15 is 0 Å². The van der Waals surface area contributed by atoms with Crippen LogP contribution in [0, 0.1) is 0 Å². The molecule has 0 unspecified atom stereocenters. The zero-order valence-electron chi connectivity index (χ0n) is 10.6. The summed E-state index contributed by atoms with van der Waals surface area (Å²) in [5, 5.41) is 10.3. The van der Waals surface area contributed by atoms with Gasteiger partial charge in [-0.3, -0.25) is 4.90 Å². The van der Waals surface area contributed by atoms with Crippen molar-refractivity contribution in [1.29, 1.82) is 0 Å². The summed E-state index contributed by atoms with van der Waals surface area (Å²) >= 11 is 0. The van der Waals surface area contributed by atoms with Gasteiger partial charge in [0.05, 0.1) is 12.1 Å². The van der Waals surface area contributed by atoms with Crippen LogP contribution in [0.4, 0.5) is 11.9 Å². The predicted octanol–water partition coefficient (Wildman–Crippen LogP) is -0.227. The van der Waals surface area contributed by atoms with E-state index in [2.05, 4.69) is 15.0 Å². The Morgan fingerprint density at radius 3 is 2.28 bits per heavy atom. The number of nitrogen functional groups attached to an aromatic ring is 2. The van der Waals surface area contributed by atoms with Crippen molar-refractivity contribution < 1.29 is 5.11 Å². The van der Waals surface area contributed by atoms with Gasteiger partial charge in [-0.2, -0.15) is 15.0 Å². The smallest absolute Gasteiger partial charge is 0.225 e. The number of rotatable bonds is 4. The number of hydrogen-bond donors (Lipinski definition) is 3. The van der Waals surface area contributed by atoms with Crippen molar-refractivity contribution in [3.63, 3.8) is 0 Å². The maximum Gasteiger partial charge on any atom is 0.225 e. The molecule has 0 saturated heterocycles. The number of nitrogens with two attached hydrogens (primary N) is 2. The molecule has 1 aliphatic carbocycles. The van der Waals surface area contributed by atoms with Crippen molar-refractivity contribution in [2.45, 2.75) is 37.8 Å². The van der Waals surface area contributed by atoms with Crippen molar-refractivity contribution in [3.8, 4) is 0 Å². The molecular formula is C11H20N6O. The molecule has 1 aromatic rings. The zero-order valence-corrected chi connectivity index (χ0v) is 10.6. The lowest BCUT2D eigenvalue weighted by molar-refractivity contribution is 0.0140. The first-order chi connectivity index (χ1) is 8.47. The lowest BCUT2D eigenvalue weighted by Crippen LogP contribution is -2.39. The molecule has 7 heteroatoms. The fourth-order valence-corrected chi connectivity index (χ4v) is 2.52. The summed E-state index contributed by atoms with van der Waals surface area (Å²) < 4.78 is 0. The van der Waals surface area contributed by atoms with Gasteiger partial charge in [0.15, 0.2) is 0 Å². The maximum atomic E-state index is 10.3. The lowest BCUT2D eigenvalue weighted by Gasteiger charge is -2.28. The van der Waals surface area contributed by atoms with E-state index in [1.54, 1.807) is 0 Å². The highest BCUT2D eigenvalue weighted by Crippen LogP contribution is 2.30. The topological polar surface area (TPSA) is 114 Å². The van der Waals surface area contributed by atoms with E-state index in [0.29, 0.717) is 18.9 Å². The van der Waals surface area contributed by atoms with Gasteiger partial charge < -0.3 is 16.6 Å². The van der Waals surface area contributed by atoms with E-state index in [0.717, 1.165) is 25.7 Å². The van der Waals surface area contributed by atoms with Gasteiger partial charge in [0.1, 0.15) is 5.82 Å². The average molecular weight is 252 g/mol. The molecule has 5 N–H and O–H groups in total. The van der Waals surface area contributed by atoms with Crippen LogP contribution in [0.25, 0.3) is 0 Å². The SMILES string of the molecule is CN(Cc1nc(N)nc(N)n1)CC1(O)CCCC1. The molecule has 1 aromatic heterocycles. The summed E-state index contributed by atoms with van der Waals surface area (Å²) in [5.74, 6) is 0.792. The minimum Gasteiger partial charge on any atom is -0.389 e. The van der Waals surface area contributed by atoms with E-state index < -0.39 is 5.60 Å². The molecule has 0 aromatic carbocycles. The van der Waals surface area contributed by atoms with Crippen LogP contribution in [0.1, 0.15) is 31.5 Å². The Labute approximate surface area is 106 Å². The van der Waals surface area contributed by atoms with Crippen LogP contribution in [-0.2, 0) is 6.54 Å². The molecule has 18 heavy (non-hydrogen) atoms. The second-order valence-electron chi connectivity index (χ2n) is 5.07. The van der Waals surface area contributed by atoms with E-state index in [4.69, 9.17) is 11.5 Å². The molecule has 0 bridgehead atoms. The summed E-state index contributed by atoms with van der Waals surface area (Å²) in [6.07, 6.45) is 3.91. The van der Waals surface area contributed by atoms with Crippen molar-refractivity contribution in [3.05, 3.63) is 5.82 Å². The fraction of sp³-hybridized carbons (Fsp3) is 0.727. The third-order valence-corrected chi connectivity index (χ3v) is 3.23. The van der Waals surface area contributed by atoms with Gasteiger partial charge in [0, 0.05) is 6.54 Å². The monoisotopic (exact) mass is 252 g/mol. The molecule has 7 nitrogen and oxygen atoms in total. The minimum absolute atomic E-state index is 0.130. The molecule has 0 radical (unpaired) electrons. The van der Waals surface area contributed by atoms with Crippen LogP contribution in [0.2, 0.25) is 0 Å². The Morgan fingerprint density at radius 2 is 1.72 bits per heavy atom. The molecule has 1 fully saturated rings. The van der Waals surface area contributed by atoms with Crippen molar-refractivity contribution in [2.75, 3.05) is 25.1 Å². The Hall–Kier alpha value is -1.47. The van der Waals surface area contributed by atoms with Gasteiger partial charge in [-0.1, -0.05) is 12.8 Å². The molecule has 2 rings (SSSR count). The van der Waals surface area contributed by atoms with E-state index in [1.165, 1.54) is 0 Å². The third-order valence-electron chi connectivity index (χ3n) is 3.23. The quantitative estimate of drug-likeness (QED) is 0.678. The highest BCUT2D eigenvalue weighted by molar-refractivity contribution is 5.25. The van der Waals surface area contributed by atoms with Gasteiger partial charge in [-0.25, -0.2) is 0 Å². The third kappa shape index (κ3) is 3.27. The molecule has 100 valence electrons.